The Labute approximate surface area is 163 Å². The van der Waals surface area contributed by atoms with E-state index in [4.69, 9.17) is 9.47 Å². The van der Waals surface area contributed by atoms with Gasteiger partial charge < -0.3 is 14.8 Å². The number of nitrogens with zero attached hydrogens (tertiary/aromatic N) is 1. The van der Waals surface area contributed by atoms with E-state index in [9.17, 15) is 4.79 Å². The van der Waals surface area contributed by atoms with Crippen molar-refractivity contribution in [3.8, 4) is 0 Å². The van der Waals surface area contributed by atoms with Crippen LogP contribution in [0.15, 0.2) is 24.3 Å². The number of rotatable bonds is 8. The molecule has 5 heteroatoms. The molecule has 0 aliphatic carbocycles. The van der Waals surface area contributed by atoms with Crippen LogP contribution >= 0.6 is 0 Å². The highest BCUT2D eigenvalue weighted by Crippen LogP contribution is 2.22. The van der Waals surface area contributed by atoms with Gasteiger partial charge in [-0.1, -0.05) is 38.1 Å². The van der Waals surface area contributed by atoms with E-state index in [-0.39, 0.29) is 5.91 Å². The number of aryl methyl sites for hydroxylation is 1. The second-order valence-corrected chi connectivity index (χ2v) is 8.04. The van der Waals surface area contributed by atoms with Crippen molar-refractivity contribution in [3.05, 3.63) is 35.4 Å². The topological polar surface area (TPSA) is 50.8 Å². The Bertz CT molecular complexity index is 576. The number of carbonyl (C=O) groups is 1. The number of benzene rings is 1. The lowest BCUT2D eigenvalue weighted by Gasteiger charge is -2.37. The lowest BCUT2D eigenvalue weighted by Crippen LogP contribution is -2.52. The van der Waals surface area contributed by atoms with Gasteiger partial charge in [-0.05, 0) is 29.9 Å². The molecule has 0 unspecified atom stereocenters. The van der Waals surface area contributed by atoms with Gasteiger partial charge >= 0.3 is 0 Å². The molecule has 0 radical (unpaired) electrons. The molecule has 27 heavy (non-hydrogen) atoms. The lowest BCUT2D eigenvalue weighted by molar-refractivity contribution is -0.121. The van der Waals surface area contributed by atoms with Crippen LogP contribution in [0.4, 0.5) is 0 Å². The summed E-state index contributed by atoms with van der Waals surface area (Å²) in [6, 6.07) is 8.99. The number of hydrogen-bond acceptors (Lipinski definition) is 4. The molecule has 1 amide bonds. The zero-order valence-corrected chi connectivity index (χ0v) is 16.8. The minimum absolute atomic E-state index is 0.139. The SMILES string of the molecule is CC(C)c1ccc(CCC(=O)NC[C@H]([C@@H]2CCOC2)N2CCOCC2)cc1. The van der Waals surface area contributed by atoms with E-state index in [1.165, 1.54) is 11.1 Å². The third-order valence-corrected chi connectivity index (χ3v) is 5.82. The van der Waals surface area contributed by atoms with Crippen LogP contribution in [-0.2, 0) is 20.7 Å². The van der Waals surface area contributed by atoms with Gasteiger partial charge in [0.1, 0.15) is 0 Å². The van der Waals surface area contributed by atoms with Crippen LogP contribution in [0.2, 0.25) is 0 Å². The average molecular weight is 375 g/mol. The van der Waals surface area contributed by atoms with Crippen LogP contribution in [0.5, 0.6) is 0 Å². The van der Waals surface area contributed by atoms with E-state index in [1.54, 1.807) is 0 Å². The van der Waals surface area contributed by atoms with Gasteiger partial charge in [-0.3, -0.25) is 9.69 Å². The van der Waals surface area contributed by atoms with Crippen molar-refractivity contribution in [3.63, 3.8) is 0 Å². The predicted octanol–water partition coefficient (Wildman–Crippen LogP) is 2.60. The molecule has 1 N–H and O–H groups in total. The average Bonchev–Trinajstić information content (AvgIpc) is 3.22. The fourth-order valence-electron chi connectivity index (χ4n) is 3.99. The molecule has 0 spiro atoms. The monoisotopic (exact) mass is 374 g/mol. The number of ether oxygens (including phenoxy) is 2. The third kappa shape index (κ3) is 6.03. The zero-order valence-electron chi connectivity index (χ0n) is 16.8. The summed E-state index contributed by atoms with van der Waals surface area (Å²) in [5.41, 5.74) is 2.57. The Hall–Kier alpha value is -1.43. The first kappa shape index (κ1) is 20.3. The summed E-state index contributed by atoms with van der Waals surface area (Å²) in [4.78, 5) is 14.9. The first-order valence-electron chi connectivity index (χ1n) is 10.4. The van der Waals surface area contributed by atoms with Crippen molar-refractivity contribution in [2.75, 3.05) is 46.1 Å². The summed E-state index contributed by atoms with van der Waals surface area (Å²) in [5.74, 6) is 1.19. The maximum atomic E-state index is 12.4. The first-order valence-corrected chi connectivity index (χ1v) is 10.4. The Morgan fingerprint density at radius 3 is 2.52 bits per heavy atom. The Morgan fingerprint density at radius 2 is 1.89 bits per heavy atom. The summed E-state index contributed by atoms with van der Waals surface area (Å²) in [5, 5.41) is 3.18. The molecule has 150 valence electrons. The van der Waals surface area contributed by atoms with Crippen LogP contribution in [0, 0.1) is 5.92 Å². The summed E-state index contributed by atoms with van der Waals surface area (Å²) >= 11 is 0. The van der Waals surface area contributed by atoms with Crippen molar-refractivity contribution in [2.45, 2.75) is 45.1 Å². The van der Waals surface area contributed by atoms with Crippen molar-refractivity contribution < 1.29 is 14.3 Å². The van der Waals surface area contributed by atoms with E-state index in [2.05, 4.69) is 48.3 Å². The second-order valence-electron chi connectivity index (χ2n) is 8.04. The van der Waals surface area contributed by atoms with Crippen LogP contribution in [0.1, 0.15) is 43.7 Å². The fraction of sp³-hybridized carbons (Fsp3) is 0.682. The number of amides is 1. The van der Waals surface area contributed by atoms with E-state index >= 15 is 0 Å². The zero-order chi connectivity index (χ0) is 19.1. The number of nitrogens with one attached hydrogen (secondary N) is 1. The summed E-state index contributed by atoms with van der Waals surface area (Å²) in [6.07, 6.45) is 2.41. The Morgan fingerprint density at radius 1 is 1.15 bits per heavy atom. The van der Waals surface area contributed by atoms with Gasteiger partial charge in [0.05, 0.1) is 19.8 Å². The largest absolute Gasteiger partial charge is 0.381 e. The fourth-order valence-corrected chi connectivity index (χ4v) is 3.99. The van der Waals surface area contributed by atoms with Crippen molar-refractivity contribution in [1.82, 2.24) is 10.2 Å². The van der Waals surface area contributed by atoms with Gasteiger partial charge in [-0.2, -0.15) is 0 Å². The number of morpholine rings is 1. The molecule has 2 aliphatic rings. The van der Waals surface area contributed by atoms with Gasteiger partial charge in [-0.15, -0.1) is 0 Å². The quantitative estimate of drug-likeness (QED) is 0.760. The molecule has 2 atom stereocenters. The van der Waals surface area contributed by atoms with E-state index in [0.29, 0.717) is 30.8 Å². The van der Waals surface area contributed by atoms with Crippen LogP contribution in [0.25, 0.3) is 0 Å². The van der Waals surface area contributed by atoms with E-state index in [0.717, 1.165) is 52.4 Å². The Balaban J connectivity index is 1.46. The highest BCUT2D eigenvalue weighted by molar-refractivity contribution is 5.76. The normalized spacial score (nSPS) is 22.1. The molecule has 5 nitrogen and oxygen atoms in total. The Kier molecular flexibility index (Phi) is 7.68. The highest BCUT2D eigenvalue weighted by Gasteiger charge is 2.31. The van der Waals surface area contributed by atoms with E-state index < -0.39 is 0 Å². The van der Waals surface area contributed by atoms with Gasteiger partial charge in [0, 0.05) is 44.6 Å². The molecule has 0 bridgehead atoms. The van der Waals surface area contributed by atoms with Gasteiger partial charge in [0.25, 0.3) is 0 Å². The van der Waals surface area contributed by atoms with E-state index in [1.807, 2.05) is 0 Å². The maximum Gasteiger partial charge on any atom is 0.220 e. The van der Waals surface area contributed by atoms with Gasteiger partial charge in [-0.25, -0.2) is 0 Å². The van der Waals surface area contributed by atoms with Crippen LogP contribution in [-0.4, -0.2) is 62.9 Å². The highest BCUT2D eigenvalue weighted by atomic mass is 16.5. The molecular formula is C22H34N2O3. The summed E-state index contributed by atoms with van der Waals surface area (Å²) in [6.45, 7) is 10.2. The molecule has 1 aromatic carbocycles. The molecule has 0 aromatic heterocycles. The maximum absolute atomic E-state index is 12.4. The molecule has 2 saturated heterocycles. The number of hydrogen-bond donors (Lipinski definition) is 1. The van der Waals surface area contributed by atoms with Crippen LogP contribution in [0.3, 0.4) is 0 Å². The van der Waals surface area contributed by atoms with Crippen molar-refractivity contribution in [1.29, 1.82) is 0 Å². The summed E-state index contributed by atoms with van der Waals surface area (Å²) in [7, 11) is 0. The predicted molar refractivity (Wildman–Crippen MR) is 107 cm³/mol. The lowest BCUT2D eigenvalue weighted by atomic mass is 9.96. The van der Waals surface area contributed by atoms with Gasteiger partial charge in [0.15, 0.2) is 0 Å². The number of carbonyl (C=O) groups excluding carboxylic acids is 1. The molecule has 3 rings (SSSR count). The second kappa shape index (κ2) is 10.2. The standard InChI is InChI=1S/C22H34N2O3/c1-17(2)19-6-3-18(4-7-19)5-8-22(25)23-15-21(20-9-12-27-16-20)24-10-13-26-14-11-24/h3-4,6-7,17,20-21H,5,8-16H2,1-2H3,(H,23,25)/t20-,21-/m1/s1. The van der Waals surface area contributed by atoms with Gasteiger partial charge in [0.2, 0.25) is 5.91 Å². The smallest absolute Gasteiger partial charge is 0.220 e. The first-order chi connectivity index (χ1) is 13.1. The third-order valence-electron chi connectivity index (χ3n) is 5.82. The summed E-state index contributed by atoms with van der Waals surface area (Å²) < 4.78 is 11.1. The molecule has 2 heterocycles. The van der Waals surface area contributed by atoms with Crippen LogP contribution < -0.4 is 5.32 Å². The molecule has 1 aromatic rings. The molecular weight excluding hydrogens is 340 g/mol. The van der Waals surface area contributed by atoms with Crippen molar-refractivity contribution in [2.24, 2.45) is 5.92 Å². The minimum atomic E-state index is 0.139. The molecule has 2 fully saturated rings. The molecule has 0 saturated carbocycles. The van der Waals surface area contributed by atoms with Crippen molar-refractivity contribution >= 4 is 5.91 Å². The molecule has 2 aliphatic heterocycles. The minimum Gasteiger partial charge on any atom is -0.381 e.